The first-order valence-corrected chi connectivity index (χ1v) is 13.4. The predicted molar refractivity (Wildman–Crippen MR) is 142 cm³/mol. The van der Waals surface area contributed by atoms with E-state index in [1.807, 2.05) is 15.9 Å². The lowest BCUT2D eigenvalue weighted by molar-refractivity contribution is -0.129. The van der Waals surface area contributed by atoms with E-state index in [1.54, 1.807) is 6.92 Å². The van der Waals surface area contributed by atoms with Crippen molar-refractivity contribution in [2.75, 3.05) is 75.8 Å². The second-order valence-electron chi connectivity index (χ2n) is 9.87. The number of aromatic nitrogens is 2. The third kappa shape index (κ3) is 5.55. The summed E-state index contributed by atoms with van der Waals surface area (Å²) in [5.41, 5.74) is 2.61. The zero-order chi connectivity index (χ0) is 25.8. The number of fused-ring (bicyclic) bond motifs is 1. The van der Waals surface area contributed by atoms with E-state index in [2.05, 4.69) is 46.3 Å². The number of hydrogen-bond acceptors (Lipinski definition) is 8. The first kappa shape index (κ1) is 25.4. The van der Waals surface area contributed by atoms with Gasteiger partial charge in [0.2, 0.25) is 11.9 Å². The van der Waals surface area contributed by atoms with Crippen molar-refractivity contribution >= 4 is 23.6 Å². The lowest BCUT2D eigenvalue weighted by Gasteiger charge is -2.35. The van der Waals surface area contributed by atoms with E-state index in [4.69, 9.17) is 14.7 Å². The van der Waals surface area contributed by atoms with E-state index in [-0.39, 0.29) is 17.9 Å². The molecule has 5 rings (SSSR count). The third-order valence-corrected chi connectivity index (χ3v) is 7.47. The number of anilines is 2. The van der Waals surface area contributed by atoms with E-state index >= 15 is 0 Å². The standard InChI is InChI=1S/C27H37N7O3/c1-3-9-34-19-22-24(26(34)36)29-27(33-12-10-31(11-13-33)20(2)35)30-25(22)28-18-23(21-7-5-4-6-8-21)32-14-16-37-17-15-32/h4-8,23H,3,9-19H2,1-2H3,(H,28,29,30). The molecule has 1 atom stereocenters. The molecule has 2 fully saturated rings. The van der Waals surface area contributed by atoms with E-state index in [9.17, 15) is 9.59 Å². The first-order valence-electron chi connectivity index (χ1n) is 13.4. The highest BCUT2D eigenvalue weighted by atomic mass is 16.5. The van der Waals surface area contributed by atoms with Gasteiger partial charge in [-0.15, -0.1) is 0 Å². The van der Waals surface area contributed by atoms with Crippen molar-refractivity contribution < 1.29 is 14.3 Å². The quantitative estimate of drug-likeness (QED) is 0.580. The largest absolute Gasteiger partial charge is 0.379 e. The molecule has 3 aliphatic rings. The Kier molecular flexibility index (Phi) is 7.85. The van der Waals surface area contributed by atoms with Crippen LogP contribution >= 0.6 is 0 Å². The molecule has 1 aromatic heterocycles. The minimum Gasteiger partial charge on any atom is -0.379 e. The summed E-state index contributed by atoms with van der Waals surface area (Å²) in [5.74, 6) is 1.34. The molecular formula is C27H37N7O3. The van der Waals surface area contributed by atoms with Gasteiger partial charge in [-0.05, 0) is 12.0 Å². The van der Waals surface area contributed by atoms with Crippen LogP contribution in [0.5, 0.6) is 0 Å². The molecule has 4 heterocycles. The van der Waals surface area contributed by atoms with E-state index in [1.165, 1.54) is 5.56 Å². The fraction of sp³-hybridized carbons (Fsp3) is 0.556. The van der Waals surface area contributed by atoms with Gasteiger partial charge in [-0.1, -0.05) is 37.3 Å². The van der Waals surface area contributed by atoms with E-state index < -0.39 is 0 Å². The molecule has 0 saturated carbocycles. The fourth-order valence-electron chi connectivity index (χ4n) is 5.39. The summed E-state index contributed by atoms with van der Waals surface area (Å²) < 4.78 is 5.61. The minimum atomic E-state index is -0.0290. The average molecular weight is 508 g/mol. The molecular weight excluding hydrogens is 470 g/mol. The molecule has 1 aromatic carbocycles. The van der Waals surface area contributed by atoms with Crippen LogP contribution in [0.1, 0.15) is 47.9 Å². The lowest BCUT2D eigenvalue weighted by atomic mass is 10.0. The molecule has 198 valence electrons. The minimum absolute atomic E-state index is 0.0290. The van der Waals surface area contributed by atoms with Crippen LogP contribution in [-0.4, -0.2) is 102 Å². The van der Waals surface area contributed by atoms with Crippen molar-refractivity contribution in [2.45, 2.75) is 32.9 Å². The number of nitrogens with zero attached hydrogens (tertiary/aromatic N) is 6. The van der Waals surface area contributed by atoms with E-state index in [0.717, 1.165) is 44.1 Å². The summed E-state index contributed by atoms with van der Waals surface area (Å²) in [6.45, 7) is 11.3. The van der Waals surface area contributed by atoms with Crippen molar-refractivity contribution in [3.05, 3.63) is 47.2 Å². The summed E-state index contributed by atoms with van der Waals surface area (Å²) >= 11 is 0. The average Bonchev–Trinajstić information content (AvgIpc) is 3.25. The number of benzene rings is 1. The molecule has 2 saturated heterocycles. The maximum atomic E-state index is 13.2. The molecule has 1 N–H and O–H groups in total. The molecule has 3 aliphatic heterocycles. The van der Waals surface area contributed by atoms with Crippen LogP contribution in [0.4, 0.5) is 11.8 Å². The molecule has 0 aliphatic carbocycles. The molecule has 10 heteroatoms. The monoisotopic (exact) mass is 507 g/mol. The van der Waals surface area contributed by atoms with E-state index in [0.29, 0.717) is 57.5 Å². The second kappa shape index (κ2) is 11.4. The number of amides is 2. The van der Waals surface area contributed by atoms with Gasteiger partial charge in [-0.2, -0.15) is 4.98 Å². The van der Waals surface area contributed by atoms with Gasteiger partial charge in [0.25, 0.3) is 5.91 Å². The molecule has 0 bridgehead atoms. The number of ether oxygens (including phenoxy) is 1. The van der Waals surface area contributed by atoms with Crippen LogP contribution in [0.3, 0.4) is 0 Å². The number of hydrogen-bond donors (Lipinski definition) is 1. The smallest absolute Gasteiger partial charge is 0.273 e. The third-order valence-electron chi connectivity index (χ3n) is 7.47. The number of morpholine rings is 1. The van der Waals surface area contributed by atoms with Crippen molar-refractivity contribution in [3.8, 4) is 0 Å². The van der Waals surface area contributed by atoms with Crippen molar-refractivity contribution in [1.29, 1.82) is 0 Å². The van der Waals surface area contributed by atoms with Gasteiger partial charge in [0.15, 0.2) is 0 Å². The summed E-state index contributed by atoms with van der Waals surface area (Å²) in [7, 11) is 0. The van der Waals surface area contributed by atoms with Gasteiger partial charge in [0.05, 0.1) is 25.8 Å². The molecule has 0 radical (unpaired) electrons. The number of piperazine rings is 1. The Morgan fingerprint density at radius 2 is 1.78 bits per heavy atom. The maximum Gasteiger partial charge on any atom is 0.273 e. The Hall–Kier alpha value is -3.24. The molecule has 1 unspecified atom stereocenters. The highest BCUT2D eigenvalue weighted by Crippen LogP contribution is 2.31. The number of nitrogens with one attached hydrogen (secondary N) is 1. The molecule has 37 heavy (non-hydrogen) atoms. The Morgan fingerprint density at radius 1 is 1.05 bits per heavy atom. The zero-order valence-electron chi connectivity index (χ0n) is 21.9. The Morgan fingerprint density at radius 3 is 2.46 bits per heavy atom. The van der Waals surface area contributed by atoms with Crippen LogP contribution in [0.15, 0.2) is 30.3 Å². The van der Waals surface area contributed by atoms with Crippen LogP contribution in [0.2, 0.25) is 0 Å². The fourth-order valence-corrected chi connectivity index (χ4v) is 5.39. The summed E-state index contributed by atoms with van der Waals surface area (Å²) in [6, 6.07) is 10.7. The van der Waals surface area contributed by atoms with Crippen LogP contribution < -0.4 is 10.2 Å². The molecule has 2 aromatic rings. The highest BCUT2D eigenvalue weighted by molar-refractivity contribution is 5.98. The maximum absolute atomic E-state index is 13.2. The summed E-state index contributed by atoms with van der Waals surface area (Å²) in [4.78, 5) is 43.0. The molecule has 10 nitrogen and oxygen atoms in total. The van der Waals surface area contributed by atoms with Gasteiger partial charge in [-0.25, -0.2) is 4.98 Å². The summed E-state index contributed by atoms with van der Waals surface area (Å²) in [5, 5.41) is 3.63. The topological polar surface area (TPSA) is 94.1 Å². The van der Waals surface area contributed by atoms with Crippen molar-refractivity contribution in [2.24, 2.45) is 0 Å². The van der Waals surface area contributed by atoms with Gasteiger partial charge >= 0.3 is 0 Å². The van der Waals surface area contributed by atoms with Crippen LogP contribution in [0, 0.1) is 0 Å². The van der Waals surface area contributed by atoms with Gasteiger partial charge in [-0.3, -0.25) is 14.5 Å². The number of rotatable bonds is 8. The van der Waals surface area contributed by atoms with Gasteiger partial charge in [0.1, 0.15) is 11.5 Å². The SMILES string of the molecule is CCCN1Cc2c(NCC(c3ccccc3)N3CCOCC3)nc(N3CCN(C(C)=O)CC3)nc2C1=O. The Balaban J connectivity index is 1.42. The van der Waals surface area contributed by atoms with Crippen LogP contribution in [0.25, 0.3) is 0 Å². The number of carbonyl (C=O) groups excluding carboxylic acids is 2. The molecule has 0 spiro atoms. The Labute approximate surface area is 218 Å². The van der Waals surface area contributed by atoms with Crippen molar-refractivity contribution in [3.63, 3.8) is 0 Å². The van der Waals surface area contributed by atoms with Crippen molar-refractivity contribution in [1.82, 2.24) is 24.7 Å². The van der Waals surface area contributed by atoms with Crippen LogP contribution in [-0.2, 0) is 16.1 Å². The normalized spacial score (nSPS) is 19.2. The lowest BCUT2D eigenvalue weighted by Crippen LogP contribution is -2.48. The number of carbonyl (C=O) groups is 2. The van der Waals surface area contributed by atoms with Gasteiger partial charge < -0.3 is 24.8 Å². The predicted octanol–water partition coefficient (Wildman–Crippen LogP) is 2.00. The molecule has 2 amide bonds. The van der Waals surface area contributed by atoms with Gasteiger partial charge in [0, 0.05) is 64.8 Å². The second-order valence-corrected chi connectivity index (χ2v) is 9.87. The Bertz CT molecular complexity index is 1100. The summed E-state index contributed by atoms with van der Waals surface area (Å²) in [6.07, 6.45) is 0.892. The zero-order valence-corrected chi connectivity index (χ0v) is 21.9. The highest BCUT2D eigenvalue weighted by Gasteiger charge is 2.34. The first-order chi connectivity index (χ1) is 18.0.